The number of aromatic hydroxyl groups is 2. The predicted molar refractivity (Wildman–Crippen MR) is 140 cm³/mol. The molecule has 0 saturated carbocycles. The molecule has 0 atom stereocenters. The second-order valence-corrected chi connectivity index (χ2v) is 8.14. The van der Waals surface area contributed by atoms with E-state index in [4.69, 9.17) is 32.1 Å². The van der Waals surface area contributed by atoms with E-state index in [1.807, 2.05) is 24.3 Å². The first-order valence-corrected chi connectivity index (χ1v) is 12.2. The van der Waals surface area contributed by atoms with Crippen molar-refractivity contribution in [3.8, 4) is 11.5 Å². The van der Waals surface area contributed by atoms with Gasteiger partial charge in [0, 0.05) is 37.1 Å². The standard InChI is InChI=1S/C12H22O4.2C7H10N2O/c13-11(14)9-7-5-3-1-2-4-6-8-10-12(15)16;2*8-9-5-6-3-1-2-4-7(6)10/h1-10H2,(H,13,14)(H,15,16);2*1-4,9-10H,5,8H2. The molecule has 0 unspecified atom stereocenters. The van der Waals surface area contributed by atoms with Gasteiger partial charge in [-0.3, -0.25) is 32.1 Å². The van der Waals surface area contributed by atoms with E-state index >= 15 is 0 Å². The van der Waals surface area contributed by atoms with Gasteiger partial charge in [0.25, 0.3) is 0 Å². The number of hydrazine groups is 2. The van der Waals surface area contributed by atoms with Gasteiger partial charge in [0.15, 0.2) is 0 Å². The summed E-state index contributed by atoms with van der Waals surface area (Å²) in [6.45, 7) is 0.985. The Morgan fingerprint density at radius 2 is 0.889 bits per heavy atom. The van der Waals surface area contributed by atoms with E-state index in [0.717, 1.165) is 62.5 Å². The Morgan fingerprint density at radius 1 is 0.583 bits per heavy atom. The molecule has 0 amide bonds. The highest BCUT2D eigenvalue weighted by Gasteiger charge is 1.98. The minimum absolute atomic E-state index is 0.276. The van der Waals surface area contributed by atoms with Crippen LogP contribution in [0.25, 0.3) is 0 Å². The third-order valence-electron chi connectivity index (χ3n) is 5.10. The summed E-state index contributed by atoms with van der Waals surface area (Å²) in [4.78, 5) is 20.4. The summed E-state index contributed by atoms with van der Waals surface area (Å²) in [5.41, 5.74) is 6.55. The minimum atomic E-state index is -0.714. The summed E-state index contributed by atoms with van der Waals surface area (Å²) in [6.07, 6.45) is 8.51. The van der Waals surface area contributed by atoms with Gasteiger partial charge in [-0.15, -0.1) is 0 Å². The van der Waals surface area contributed by atoms with Gasteiger partial charge in [0.2, 0.25) is 0 Å². The molecule has 0 heterocycles. The van der Waals surface area contributed by atoms with Crippen LogP contribution < -0.4 is 22.5 Å². The number of hydrogen-bond acceptors (Lipinski definition) is 8. The van der Waals surface area contributed by atoms with E-state index in [0.29, 0.717) is 13.1 Å². The van der Waals surface area contributed by atoms with Crippen LogP contribution in [0, 0.1) is 0 Å². The summed E-state index contributed by atoms with van der Waals surface area (Å²) in [7, 11) is 0. The van der Waals surface area contributed by atoms with Gasteiger partial charge in [0.1, 0.15) is 11.5 Å². The number of phenolic OH excluding ortho intramolecular Hbond substituents is 2. The maximum atomic E-state index is 10.2. The Balaban J connectivity index is 0.000000532. The van der Waals surface area contributed by atoms with Crippen molar-refractivity contribution in [2.75, 3.05) is 0 Å². The maximum absolute atomic E-state index is 10.2. The van der Waals surface area contributed by atoms with E-state index in [1.54, 1.807) is 24.3 Å². The van der Waals surface area contributed by atoms with E-state index in [1.165, 1.54) is 0 Å². The number of unbranched alkanes of at least 4 members (excludes halogenated alkanes) is 7. The second kappa shape index (κ2) is 22.3. The first kappa shape index (κ1) is 32.8. The molecule has 0 saturated heterocycles. The Hall–Kier alpha value is -3.18. The van der Waals surface area contributed by atoms with Crippen molar-refractivity contribution in [2.45, 2.75) is 77.3 Å². The largest absolute Gasteiger partial charge is 0.508 e. The molecule has 0 fully saturated rings. The summed E-state index contributed by atoms with van der Waals surface area (Å²) in [5.74, 6) is 9.26. The number of hydrogen-bond donors (Lipinski definition) is 8. The molecule has 0 spiro atoms. The fourth-order valence-corrected chi connectivity index (χ4v) is 3.15. The van der Waals surface area contributed by atoms with Crippen molar-refractivity contribution in [2.24, 2.45) is 11.7 Å². The van der Waals surface area contributed by atoms with Crippen molar-refractivity contribution in [1.29, 1.82) is 0 Å². The van der Waals surface area contributed by atoms with Crippen LogP contribution in [-0.2, 0) is 22.7 Å². The first-order valence-electron chi connectivity index (χ1n) is 12.2. The Labute approximate surface area is 213 Å². The monoisotopic (exact) mass is 506 g/mol. The highest BCUT2D eigenvalue weighted by Crippen LogP contribution is 2.15. The zero-order chi connectivity index (χ0) is 27.0. The molecule has 0 radical (unpaired) electrons. The molecule has 0 aromatic heterocycles. The molecule has 10 nitrogen and oxygen atoms in total. The molecular formula is C26H42N4O6. The fourth-order valence-electron chi connectivity index (χ4n) is 3.15. The molecule has 0 bridgehead atoms. The van der Waals surface area contributed by atoms with E-state index in [9.17, 15) is 9.59 Å². The lowest BCUT2D eigenvalue weighted by Crippen LogP contribution is -2.20. The summed E-state index contributed by atoms with van der Waals surface area (Å²) < 4.78 is 0. The topological polar surface area (TPSA) is 191 Å². The van der Waals surface area contributed by atoms with Crippen molar-refractivity contribution < 1.29 is 30.0 Å². The van der Waals surface area contributed by atoms with Gasteiger partial charge in [-0.1, -0.05) is 74.9 Å². The fraction of sp³-hybridized carbons (Fsp3) is 0.462. The molecule has 36 heavy (non-hydrogen) atoms. The highest BCUT2D eigenvalue weighted by molar-refractivity contribution is 5.66. The third-order valence-corrected chi connectivity index (χ3v) is 5.10. The first-order chi connectivity index (χ1) is 17.3. The van der Waals surface area contributed by atoms with Crippen LogP contribution in [0.2, 0.25) is 0 Å². The van der Waals surface area contributed by atoms with Crippen LogP contribution in [0.15, 0.2) is 48.5 Å². The summed E-state index contributed by atoms with van der Waals surface area (Å²) in [6, 6.07) is 14.1. The minimum Gasteiger partial charge on any atom is -0.508 e. The van der Waals surface area contributed by atoms with E-state index in [-0.39, 0.29) is 24.3 Å². The average molecular weight is 507 g/mol. The second-order valence-electron chi connectivity index (χ2n) is 8.14. The number of benzene rings is 2. The van der Waals surface area contributed by atoms with Gasteiger partial charge in [0.05, 0.1) is 0 Å². The van der Waals surface area contributed by atoms with Crippen LogP contribution in [0.3, 0.4) is 0 Å². The number of carbonyl (C=O) groups is 2. The van der Waals surface area contributed by atoms with E-state index < -0.39 is 11.9 Å². The lowest BCUT2D eigenvalue weighted by Gasteiger charge is -2.00. The molecule has 0 aliphatic carbocycles. The van der Waals surface area contributed by atoms with Crippen molar-refractivity contribution in [3.05, 3.63) is 59.7 Å². The number of phenols is 2. The smallest absolute Gasteiger partial charge is 0.303 e. The average Bonchev–Trinajstić information content (AvgIpc) is 2.84. The number of nitrogens with two attached hydrogens (primary N) is 2. The number of aliphatic carboxylic acids is 2. The Morgan fingerprint density at radius 3 is 1.17 bits per heavy atom. The van der Waals surface area contributed by atoms with Crippen molar-refractivity contribution in [3.63, 3.8) is 0 Å². The molecule has 10 heteroatoms. The van der Waals surface area contributed by atoms with Gasteiger partial charge < -0.3 is 20.4 Å². The number of nitrogens with one attached hydrogen (secondary N) is 2. The lowest BCUT2D eigenvalue weighted by atomic mass is 10.1. The zero-order valence-electron chi connectivity index (χ0n) is 20.9. The lowest BCUT2D eigenvalue weighted by molar-refractivity contribution is -0.138. The molecule has 2 rings (SSSR count). The number of carboxylic acid groups (broad SMARTS) is 2. The Bertz CT molecular complexity index is 781. The van der Waals surface area contributed by atoms with Crippen LogP contribution in [0.1, 0.15) is 75.3 Å². The Kier molecular flexibility index (Phi) is 20.3. The molecule has 0 aliphatic heterocycles. The van der Waals surface area contributed by atoms with Gasteiger partial charge in [-0.25, -0.2) is 0 Å². The molecular weight excluding hydrogens is 464 g/mol. The molecule has 202 valence electrons. The van der Waals surface area contributed by atoms with Crippen LogP contribution >= 0.6 is 0 Å². The van der Waals surface area contributed by atoms with Gasteiger partial charge in [-0.05, 0) is 25.0 Å². The molecule has 0 aliphatic rings. The third kappa shape index (κ3) is 19.2. The predicted octanol–water partition coefficient (Wildman–Crippen LogP) is 3.77. The molecule has 2 aromatic carbocycles. The molecule has 2 aromatic rings. The SMILES string of the molecule is NNCc1ccccc1O.NNCc1ccccc1O.O=C(O)CCCCCCCCCCC(=O)O. The quantitative estimate of drug-likeness (QED) is 0.100. The summed E-state index contributed by atoms with van der Waals surface area (Å²) in [5, 5.41) is 35.1. The van der Waals surface area contributed by atoms with Crippen LogP contribution in [-0.4, -0.2) is 32.4 Å². The van der Waals surface area contributed by atoms with Crippen LogP contribution in [0.4, 0.5) is 0 Å². The normalized spacial score (nSPS) is 9.94. The number of carboxylic acids is 2. The maximum Gasteiger partial charge on any atom is 0.303 e. The highest BCUT2D eigenvalue weighted by atomic mass is 16.4. The zero-order valence-corrected chi connectivity index (χ0v) is 20.9. The number of rotatable bonds is 15. The van der Waals surface area contributed by atoms with Gasteiger partial charge >= 0.3 is 11.9 Å². The van der Waals surface area contributed by atoms with E-state index in [2.05, 4.69) is 10.9 Å². The van der Waals surface area contributed by atoms with Crippen molar-refractivity contribution in [1.82, 2.24) is 10.9 Å². The molecule has 10 N–H and O–H groups in total. The number of para-hydroxylation sites is 2. The summed E-state index contributed by atoms with van der Waals surface area (Å²) >= 11 is 0. The van der Waals surface area contributed by atoms with Crippen LogP contribution in [0.5, 0.6) is 11.5 Å². The van der Waals surface area contributed by atoms with Gasteiger partial charge in [-0.2, -0.15) is 0 Å². The van der Waals surface area contributed by atoms with Crippen molar-refractivity contribution >= 4 is 11.9 Å².